The second-order valence-electron chi connectivity index (χ2n) is 6.70. The molecular weight excluding hydrogens is 254 g/mol. The first-order valence-corrected chi connectivity index (χ1v) is 8.20. The van der Waals surface area contributed by atoms with E-state index in [1.807, 2.05) is 11.6 Å². The van der Waals surface area contributed by atoms with E-state index in [-0.39, 0.29) is 5.54 Å². The molecule has 0 radical (unpaired) electrons. The standard InChI is InChI=1S/C15H27N3S/c1-12-4-6-15(10-16,7-5-12)11-18-14(2,3)13-17-8-9-19-13/h8-9,12,18H,4-7,10-11,16H2,1-3H3. The molecule has 0 saturated heterocycles. The summed E-state index contributed by atoms with van der Waals surface area (Å²) < 4.78 is 0. The molecule has 4 heteroatoms. The minimum atomic E-state index is -0.0562. The molecule has 0 unspecified atom stereocenters. The number of thiazole rings is 1. The van der Waals surface area contributed by atoms with Crippen molar-refractivity contribution in [1.82, 2.24) is 10.3 Å². The molecule has 1 aromatic heterocycles. The third-order valence-electron chi connectivity index (χ3n) is 4.64. The molecule has 108 valence electrons. The van der Waals surface area contributed by atoms with Crippen LogP contribution in [0.2, 0.25) is 0 Å². The van der Waals surface area contributed by atoms with Gasteiger partial charge in [-0.1, -0.05) is 19.8 Å². The Morgan fingerprint density at radius 1 is 1.47 bits per heavy atom. The predicted octanol–water partition coefficient (Wildman–Crippen LogP) is 3.12. The first-order chi connectivity index (χ1) is 8.97. The summed E-state index contributed by atoms with van der Waals surface area (Å²) in [5.74, 6) is 0.867. The van der Waals surface area contributed by atoms with Gasteiger partial charge in [-0.25, -0.2) is 4.98 Å². The molecule has 0 aromatic carbocycles. The zero-order valence-corrected chi connectivity index (χ0v) is 13.2. The normalized spacial score (nSPS) is 28.5. The van der Waals surface area contributed by atoms with Crippen molar-refractivity contribution in [1.29, 1.82) is 0 Å². The van der Waals surface area contributed by atoms with Gasteiger partial charge >= 0.3 is 0 Å². The minimum absolute atomic E-state index is 0.0562. The van der Waals surface area contributed by atoms with Crippen LogP contribution in [-0.2, 0) is 5.54 Å². The van der Waals surface area contributed by atoms with Crippen molar-refractivity contribution in [2.24, 2.45) is 17.1 Å². The third-order valence-corrected chi connectivity index (χ3v) is 5.74. The van der Waals surface area contributed by atoms with Crippen molar-refractivity contribution in [3.8, 4) is 0 Å². The molecular formula is C15H27N3S. The van der Waals surface area contributed by atoms with E-state index in [0.29, 0.717) is 5.41 Å². The lowest BCUT2D eigenvalue weighted by Gasteiger charge is -2.41. The molecule has 3 nitrogen and oxygen atoms in total. The van der Waals surface area contributed by atoms with Crippen LogP contribution >= 0.6 is 11.3 Å². The molecule has 2 rings (SSSR count). The smallest absolute Gasteiger partial charge is 0.112 e. The van der Waals surface area contributed by atoms with Crippen LogP contribution < -0.4 is 11.1 Å². The number of hydrogen-bond donors (Lipinski definition) is 2. The predicted molar refractivity (Wildman–Crippen MR) is 82.3 cm³/mol. The summed E-state index contributed by atoms with van der Waals surface area (Å²) in [7, 11) is 0. The van der Waals surface area contributed by atoms with Crippen LogP contribution in [0.1, 0.15) is 51.5 Å². The zero-order valence-electron chi connectivity index (χ0n) is 12.4. The summed E-state index contributed by atoms with van der Waals surface area (Å²) in [5, 5.41) is 6.90. The Balaban J connectivity index is 1.96. The van der Waals surface area contributed by atoms with E-state index in [4.69, 9.17) is 5.73 Å². The maximum Gasteiger partial charge on any atom is 0.112 e. The van der Waals surface area contributed by atoms with Crippen molar-refractivity contribution < 1.29 is 0 Å². The van der Waals surface area contributed by atoms with Gasteiger partial charge in [-0.15, -0.1) is 11.3 Å². The number of rotatable bonds is 5. The fourth-order valence-electron chi connectivity index (χ4n) is 2.84. The summed E-state index contributed by atoms with van der Waals surface area (Å²) in [6.07, 6.45) is 7.02. The summed E-state index contributed by atoms with van der Waals surface area (Å²) in [4.78, 5) is 4.44. The number of aromatic nitrogens is 1. The van der Waals surface area contributed by atoms with Crippen LogP contribution in [0.15, 0.2) is 11.6 Å². The molecule has 1 aliphatic carbocycles. The maximum atomic E-state index is 6.08. The second kappa shape index (κ2) is 5.90. The van der Waals surface area contributed by atoms with Crippen molar-refractivity contribution >= 4 is 11.3 Å². The Labute approximate surface area is 121 Å². The van der Waals surface area contributed by atoms with Crippen LogP contribution in [0.25, 0.3) is 0 Å². The molecule has 19 heavy (non-hydrogen) atoms. The lowest BCUT2D eigenvalue weighted by Crippen LogP contribution is -2.48. The summed E-state index contributed by atoms with van der Waals surface area (Å²) in [5.41, 5.74) is 6.32. The van der Waals surface area contributed by atoms with E-state index in [2.05, 4.69) is 31.1 Å². The SMILES string of the molecule is CC1CCC(CN)(CNC(C)(C)c2nccs2)CC1. The molecule has 0 atom stereocenters. The highest BCUT2D eigenvalue weighted by molar-refractivity contribution is 7.09. The summed E-state index contributed by atoms with van der Waals surface area (Å²) in [6.45, 7) is 8.57. The zero-order chi connectivity index (χ0) is 13.9. The number of nitrogens with two attached hydrogens (primary N) is 1. The molecule has 0 amide bonds. The monoisotopic (exact) mass is 281 g/mol. The first kappa shape index (κ1) is 14.9. The van der Waals surface area contributed by atoms with E-state index >= 15 is 0 Å². The van der Waals surface area contributed by atoms with Crippen molar-refractivity contribution in [3.63, 3.8) is 0 Å². The fourth-order valence-corrected chi connectivity index (χ4v) is 3.58. The molecule has 1 heterocycles. The van der Waals surface area contributed by atoms with Gasteiger partial charge in [-0.2, -0.15) is 0 Å². The Hall–Kier alpha value is -0.450. The molecule has 1 aromatic rings. The van der Waals surface area contributed by atoms with E-state index in [0.717, 1.165) is 24.0 Å². The average Bonchev–Trinajstić information content (AvgIpc) is 2.94. The topological polar surface area (TPSA) is 50.9 Å². The van der Waals surface area contributed by atoms with Crippen LogP contribution in [0.4, 0.5) is 0 Å². The Morgan fingerprint density at radius 3 is 2.68 bits per heavy atom. The number of hydrogen-bond acceptors (Lipinski definition) is 4. The van der Waals surface area contributed by atoms with Gasteiger partial charge in [-0.05, 0) is 44.6 Å². The van der Waals surface area contributed by atoms with Crippen molar-refractivity contribution in [2.75, 3.05) is 13.1 Å². The summed E-state index contributed by atoms with van der Waals surface area (Å²) >= 11 is 1.72. The van der Waals surface area contributed by atoms with Gasteiger partial charge in [0, 0.05) is 18.1 Å². The van der Waals surface area contributed by atoms with Gasteiger partial charge in [0.05, 0.1) is 5.54 Å². The van der Waals surface area contributed by atoms with E-state index < -0.39 is 0 Å². The molecule has 0 aliphatic heterocycles. The highest BCUT2D eigenvalue weighted by atomic mass is 32.1. The van der Waals surface area contributed by atoms with Crippen LogP contribution in [-0.4, -0.2) is 18.1 Å². The lowest BCUT2D eigenvalue weighted by molar-refractivity contribution is 0.145. The quantitative estimate of drug-likeness (QED) is 0.872. The fraction of sp³-hybridized carbons (Fsp3) is 0.800. The van der Waals surface area contributed by atoms with Gasteiger partial charge < -0.3 is 11.1 Å². The van der Waals surface area contributed by atoms with Gasteiger partial charge in [0.25, 0.3) is 0 Å². The van der Waals surface area contributed by atoms with Crippen molar-refractivity contribution in [3.05, 3.63) is 16.6 Å². The summed E-state index contributed by atoms with van der Waals surface area (Å²) in [6, 6.07) is 0. The molecule has 1 saturated carbocycles. The first-order valence-electron chi connectivity index (χ1n) is 7.32. The van der Waals surface area contributed by atoms with Gasteiger partial charge in [-0.3, -0.25) is 0 Å². The molecule has 1 fully saturated rings. The highest BCUT2D eigenvalue weighted by Crippen LogP contribution is 2.38. The number of nitrogens with one attached hydrogen (secondary N) is 1. The number of nitrogens with zero attached hydrogens (tertiary/aromatic N) is 1. The minimum Gasteiger partial charge on any atom is -0.330 e. The lowest BCUT2D eigenvalue weighted by atomic mass is 9.70. The highest BCUT2D eigenvalue weighted by Gasteiger charge is 2.35. The maximum absolute atomic E-state index is 6.08. The van der Waals surface area contributed by atoms with Gasteiger partial charge in [0.1, 0.15) is 5.01 Å². The molecule has 3 N–H and O–H groups in total. The Morgan fingerprint density at radius 2 is 2.16 bits per heavy atom. The second-order valence-corrected chi connectivity index (χ2v) is 7.60. The van der Waals surface area contributed by atoms with Crippen LogP contribution in [0, 0.1) is 11.3 Å². The molecule has 1 aliphatic rings. The van der Waals surface area contributed by atoms with Gasteiger partial charge in [0.2, 0.25) is 0 Å². The largest absolute Gasteiger partial charge is 0.330 e. The van der Waals surface area contributed by atoms with Gasteiger partial charge in [0.15, 0.2) is 0 Å². The van der Waals surface area contributed by atoms with E-state index in [1.54, 1.807) is 11.3 Å². The van der Waals surface area contributed by atoms with Crippen molar-refractivity contribution in [2.45, 2.75) is 52.0 Å². The Kier molecular flexibility index (Phi) is 4.64. The third kappa shape index (κ3) is 3.56. The molecule has 0 bridgehead atoms. The van der Waals surface area contributed by atoms with E-state index in [9.17, 15) is 0 Å². The van der Waals surface area contributed by atoms with Crippen LogP contribution in [0.3, 0.4) is 0 Å². The van der Waals surface area contributed by atoms with E-state index in [1.165, 1.54) is 25.7 Å². The average molecular weight is 281 g/mol. The molecule has 0 spiro atoms. The van der Waals surface area contributed by atoms with Crippen LogP contribution in [0.5, 0.6) is 0 Å². The Bertz CT molecular complexity index is 378.